The predicted molar refractivity (Wildman–Crippen MR) is 83.5 cm³/mol. The second-order valence-electron chi connectivity index (χ2n) is 4.60. The number of hydrazone groups is 1. The van der Waals surface area contributed by atoms with Crippen molar-refractivity contribution in [3.05, 3.63) is 53.6 Å². The molecule has 0 saturated carbocycles. The summed E-state index contributed by atoms with van der Waals surface area (Å²) in [7, 11) is -3.73. The molecule has 0 amide bonds. The maximum atomic E-state index is 12.0. The predicted octanol–water partition coefficient (Wildman–Crippen LogP) is 1.97. The molecule has 6 nitrogen and oxygen atoms in total. The van der Waals surface area contributed by atoms with Gasteiger partial charge in [0.05, 0.1) is 11.1 Å². The minimum Gasteiger partial charge on any atom is -0.504 e. The molecule has 0 heterocycles. The Morgan fingerprint density at radius 2 is 1.77 bits per heavy atom. The Bertz CT molecular complexity index is 784. The number of nitrogens with zero attached hydrogens (tertiary/aromatic N) is 1. The molecule has 22 heavy (non-hydrogen) atoms. The first-order valence-corrected chi connectivity index (χ1v) is 8.06. The molecule has 0 aliphatic rings. The average molecular weight is 320 g/mol. The van der Waals surface area contributed by atoms with Crippen LogP contribution in [-0.2, 0) is 16.4 Å². The number of hydrogen-bond acceptors (Lipinski definition) is 5. The monoisotopic (exact) mass is 320 g/mol. The number of phenols is 2. The number of phenolic OH excluding ortho intramolecular Hbond substituents is 2. The molecule has 0 spiro atoms. The van der Waals surface area contributed by atoms with Gasteiger partial charge in [-0.1, -0.05) is 19.1 Å². The van der Waals surface area contributed by atoms with Gasteiger partial charge in [-0.25, -0.2) is 4.83 Å². The Morgan fingerprint density at radius 3 is 2.36 bits per heavy atom. The van der Waals surface area contributed by atoms with E-state index in [1.165, 1.54) is 36.5 Å². The highest BCUT2D eigenvalue weighted by atomic mass is 32.2. The summed E-state index contributed by atoms with van der Waals surface area (Å²) < 4.78 is 24.1. The van der Waals surface area contributed by atoms with Crippen LogP contribution in [-0.4, -0.2) is 24.8 Å². The Hall–Kier alpha value is -2.54. The highest BCUT2D eigenvalue weighted by Gasteiger charge is 2.12. The van der Waals surface area contributed by atoms with Gasteiger partial charge in [0.2, 0.25) is 0 Å². The van der Waals surface area contributed by atoms with Gasteiger partial charge in [0.1, 0.15) is 0 Å². The third-order valence-electron chi connectivity index (χ3n) is 3.03. The Labute approximate surface area is 128 Å². The Balaban J connectivity index is 2.11. The zero-order chi connectivity index (χ0) is 16.2. The quantitative estimate of drug-likeness (QED) is 0.445. The van der Waals surface area contributed by atoms with E-state index in [0.717, 1.165) is 12.0 Å². The Kier molecular flexibility index (Phi) is 4.67. The second kappa shape index (κ2) is 6.48. The minimum atomic E-state index is -3.73. The first-order chi connectivity index (χ1) is 10.4. The van der Waals surface area contributed by atoms with Crippen LogP contribution < -0.4 is 4.83 Å². The van der Waals surface area contributed by atoms with Gasteiger partial charge in [-0.2, -0.15) is 13.5 Å². The summed E-state index contributed by atoms with van der Waals surface area (Å²) in [5, 5.41) is 22.2. The van der Waals surface area contributed by atoms with Gasteiger partial charge < -0.3 is 10.2 Å². The van der Waals surface area contributed by atoms with Crippen LogP contribution in [0.2, 0.25) is 0 Å². The van der Waals surface area contributed by atoms with Crippen molar-refractivity contribution in [2.75, 3.05) is 0 Å². The minimum absolute atomic E-state index is 0.121. The summed E-state index contributed by atoms with van der Waals surface area (Å²) in [6.45, 7) is 1.99. The number of aryl methyl sites for hydroxylation is 1. The molecular formula is C15H16N2O4S. The number of hydrogen-bond donors (Lipinski definition) is 3. The summed E-state index contributed by atoms with van der Waals surface area (Å²) in [6.07, 6.45) is 2.06. The van der Waals surface area contributed by atoms with Crippen molar-refractivity contribution < 1.29 is 18.6 Å². The zero-order valence-electron chi connectivity index (χ0n) is 11.9. The fraction of sp³-hybridized carbons (Fsp3) is 0.133. The first-order valence-electron chi connectivity index (χ1n) is 6.58. The highest BCUT2D eigenvalue weighted by Crippen LogP contribution is 2.24. The number of benzene rings is 2. The number of nitrogens with one attached hydrogen (secondary N) is 1. The molecule has 0 atom stereocenters. The molecule has 0 bridgehead atoms. The van der Waals surface area contributed by atoms with Crippen LogP contribution in [0, 0.1) is 0 Å². The summed E-state index contributed by atoms with van der Waals surface area (Å²) in [5.41, 5.74) is 1.49. The van der Waals surface area contributed by atoms with Crippen LogP contribution >= 0.6 is 0 Å². The molecule has 0 aliphatic heterocycles. The van der Waals surface area contributed by atoms with Crippen LogP contribution in [0.15, 0.2) is 52.5 Å². The molecule has 0 unspecified atom stereocenters. The van der Waals surface area contributed by atoms with E-state index in [0.29, 0.717) is 5.56 Å². The molecule has 2 aromatic rings. The highest BCUT2D eigenvalue weighted by molar-refractivity contribution is 7.89. The molecule has 7 heteroatoms. The van der Waals surface area contributed by atoms with Crippen LogP contribution in [0.5, 0.6) is 11.5 Å². The van der Waals surface area contributed by atoms with Crippen LogP contribution in [0.25, 0.3) is 0 Å². The van der Waals surface area contributed by atoms with Gasteiger partial charge in [0.15, 0.2) is 11.5 Å². The third kappa shape index (κ3) is 3.76. The molecule has 116 valence electrons. The third-order valence-corrected chi connectivity index (χ3v) is 4.27. The van der Waals surface area contributed by atoms with Crippen LogP contribution in [0.4, 0.5) is 0 Å². The van der Waals surface area contributed by atoms with Crippen molar-refractivity contribution in [1.29, 1.82) is 0 Å². The van der Waals surface area contributed by atoms with E-state index in [1.807, 2.05) is 6.92 Å². The van der Waals surface area contributed by atoms with Gasteiger partial charge in [0.25, 0.3) is 10.0 Å². The average Bonchev–Trinajstić information content (AvgIpc) is 2.51. The van der Waals surface area contributed by atoms with Crippen molar-refractivity contribution >= 4 is 16.2 Å². The molecule has 2 rings (SSSR count). The maximum absolute atomic E-state index is 12.0. The second-order valence-corrected chi connectivity index (χ2v) is 6.26. The van der Waals surface area contributed by atoms with Crippen molar-refractivity contribution in [1.82, 2.24) is 4.83 Å². The van der Waals surface area contributed by atoms with Gasteiger partial charge in [0, 0.05) is 0 Å². The van der Waals surface area contributed by atoms with E-state index < -0.39 is 10.0 Å². The van der Waals surface area contributed by atoms with E-state index in [1.54, 1.807) is 12.1 Å². The van der Waals surface area contributed by atoms with Crippen LogP contribution in [0.3, 0.4) is 0 Å². The number of rotatable bonds is 5. The summed E-state index contributed by atoms with van der Waals surface area (Å²) in [5.74, 6) is -0.560. The van der Waals surface area contributed by atoms with Crippen molar-refractivity contribution in [2.24, 2.45) is 5.10 Å². The molecule has 0 saturated heterocycles. The van der Waals surface area contributed by atoms with Crippen molar-refractivity contribution in [3.8, 4) is 11.5 Å². The van der Waals surface area contributed by atoms with E-state index in [-0.39, 0.29) is 16.4 Å². The lowest BCUT2D eigenvalue weighted by Gasteiger charge is -2.04. The number of aromatic hydroxyl groups is 2. The lowest BCUT2D eigenvalue weighted by Crippen LogP contribution is -2.18. The smallest absolute Gasteiger partial charge is 0.276 e. The molecule has 0 aliphatic carbocycles. The van der Waals surface area contributed by atoms with Gasteiger partial charge >= 0.3 is 0 Å². The lowest BCUT2D eigenvalue weighted by atomic mass is 10.2. The van der Waals surface area contributed by atoms with Gasteiger partial charge in [-0.3, -0.25) is 0 Å². The fourth-order valence-electron chi connectivity index (χ4n) is 1.75. The molecule has 0 aromatic heterocycles. The molecule has 2 aromatic carbocycles. The van der Waals surface area contributed by atoms with E-state index in [2.05, 4.69) is 9.93 Å². The SMILES string of the molecule is CCc1ccc(S(=O)(=O)N/N=C/c2ccc(O)c(O)c2)cc1. The van der Waals surface area contributed by atoms with E-state index in [4.69, 9.17) is 0 Å². The summed E-state index contributed by atoms with van der Waals surface area (Å²) in [4.78, 5) is 2.21. The molecule has 0 radical (unpaired) electrons. The fourth-order valence-corrected chi connectivity index (χ4v) is 2.54. The van der Waals surface area contributed by atoms with Gasteiger partial charge in [-0.15, -0.1) is 0 Å². The van der Waals surface area contributed by atoms with Crippen molar-refractivity contribution in [2.45, 2.75) is 18.2 Å². The van der Waals surface area contributed by atoms with E-state index >= 15 is 0 Å². The standard InChI is InChI=1S/C15H16N2O4S/c1-2-11-3-6-13(7-4-11)22(20,21)17-16-10-12-5-8-14(18)15(19)9-12/h3-10,17-19H,2H2,1H3/b16-10+. The summed E-state index contributed by atoms with van der Waals surface area (Å²) >= 11 is 0. The topological polar surface area (TPSA) is 99.0 Å². The van der Waals surface area contributed by atoms with Gasteiger partial charge in [-0.05, 0) is 47.9 Å². The van der Waals surface area contributed by atoms with Crippen LogP contribution in [0.1, 0.15) is 18.1 Å². The van der Waals surface area contributed by atoms with Crippen molar-refractivity contribution in [3.63, 3.8) is 0 Å². The summed E-state index contributed by atoms with van der Waals surface area (Å²) in [6, 6.07) is 10.6. The largest absolute Gasteiger partial charge is 0.504 e. The Morgan fingerprint density at radius 1 is 1.09 bits per heavy atom. The molecule has 0 fully saturated rings. The normalized spacial score (nSPS) is 11.7. The molecule has 3 N–H and O–H groups in total. The zero-order valence-corrected chi connectivity index (χ0v) is 12.7. The molecular weight excluding hydrogens is 304 g/mol. The van der Waals surface area contributed by atoms with E-state index in [9.17, 15) is 18.6 Å². The number of sulfonamides is 1. The maximum Gasteiger partial charge on any atom is 0.276 e. The first kappa shape index (κ1) is 15.8. The lowest BCUT2D eigenvalue weighted by molar-refractivity contribution is 0.403.